The highest BCUT2D eigenvalue weighted by Crippen LogP contribution is 2.32. The van der Waals surface area contributed by atoms with Gasteiger partial charge in [-0.05, 0) is 47.7 Å². The lowest BCUT2D eigenvalue weighted by atomic mass is 10.1. The summed E-state index contributed by atoms with van der Waals surface area (Å²) in [6.45, 7) is 0.457. The van der Waals surface area contributed by atoms with E-state index < -0.39 is 11.1 Å². The molecule has 1 aromatic heterocycles. The Balaban J connectivity index is 1.44. The summed E-state index contributed by atoms with van der Waals surface area (Å²) in [6.07, 6.45) is 0. The molecule has 4 aromatic rings. The van der Waals surface area contributed by atoms with Gasteiger partial charge in [0.2, 0.25) is 5.69 Å². The van der Waals surface area contributed by atoms with E-state index in [1.807, 2.05) is 31.1 Å². The summed E-state index contributed by atoms with van der Waals surface area (Å²) in [5, 5.41) is 35.6. The summed E-state index contributed by atoms with van der Waals surface area (Å²) in [4.78, 5) is 27.9. The molecule has 220 valence electrons. The van der Waals surface area contributed by atoms with Crippen LogP contribution in [-0.2, 0) is 7.05 Å². The van der Waals surface area contributed by atoms with Crippen LogP contribution in [0.5, 0.6) is 5.75 Å². The Labute approximate surface area is 247 Å². The fraction of sp³-hybridized carbons (Fsp3) is 0.214. The fourth-order valence-corrected chi connectivity index (χ4v) is 4.42. The van der Waals surface area contributed by atoms with E-state index in [0.717, 1.165) is 5.69 Å². The second kappa shape index (κ2) is 13.3. The van der Waals surface area contributed by atoms with Gasteiger partial charge in [0.25, 0.3) is 11.8 Å². The van der Waals surface area contributed by atoms with E-state index in [2.05, 4.69) is 26.3 Å². The summed E-state index contributed by atoms with van der Waals surface area (Å²) in [5.74, 6) is -0.273. The first-order chi connectivity index (χ1) is 20.1. The molecule has 0 bridgehead atoms. The van der Waals surface area contributed by atoms with Crippen LogP contribution in [0.3, 0.4) is 0 Å². The molecule has 42 heavy (non-hydrogen) atoms. The minimum absolute atomic E-state index is 0.0512. The van der Waals surface area contributed by atoms with Crippen LogP contribution in [0, 0.1) is 0 Å². The zero-order valence-electron chi connectivity index (χ0n) is 23.5. The molecule has 3 aromatic carbocycles. The van der Waals surface area contributed by atoms with Crippen molar-refractivity contribution in [2.24, 2.45) is 7.05 Å². The number of quaternary nitrogens is 1. The Bertz CT molecular complexity index is 1570. The number of nitrogens with zero attached hydrogens (tertiary/aromatic N) is 4. The maximum Gasteiger partial charge on any atom is 0.271 e. The first-order valence-electron chi connectivity index (χ1n) is 12.8. The SMILES string of the molecule is COc1ccccc1-c1nnn(C)c1C(=O)NCCNc1cc(NC(=O)c2ccc(N(C)C)cc2)c([NH+](O)O)cc1Cl. The number of anilines is 3. The molecule has 13 nitrogen and oxygen atoms in total. The lowest BCUT2D eigenvalue weighted by molar-refractivity contribution is -1.19. The summed E-state index contributed by atoms with van der Waals surface area (Å²) >= 11 is 6.37. The van der Waals surface area contributed by atoms with Crippen molar-refractivity contribution in [3.8, 4) is 17.0 Å². The van der Waals surface area contributed by atoms with Crippen molar-refractivity contribution < 1.29 is 30.0 Å². The van der Waals surface area contributed by atoms with Crippen LogP contribution in [0.1, 0.15) is 20.8 Å². The normalized spacial score (nSPS) is 10.9. The number of carbonyl (C=O) groups excluding carboxylic acids is 2. The molecule has 4 rings (SSSR count). The fourth-order valence-electron chi connectivity index (χ4n) is 4.19. The molecular weight excluding hydrogens is 564 g/mol. The molecule has 0 fully saturated rings. The molecule has 1 heterocycles. The third-order valence-corrected chi connectivity index (χ3v) is 6.68. The molecule has 2 amide bonds. The van der Waals surface area contributed by atoms with Crippen molar-refractivity contribution in [2.75, 3.05) is 49.8 Å². The highest BCUT2D eigenvalue weighted by atomic mass is 35.5. The monoisotopic (exact) mass is 595 g/mol. The van der Waals surface area contributed by atoms with E-state index in [1.165, 1.54) is 23.9 Å². The highest BCUT2D eigenvalue weighted by molar-refractivity contribution is 6.33. The molecule has 0 radical (unpaired) electrons. The summed E-state index contributed by atoms with van der Waals surface area (Å²) in [5.41, 5.74) is 3.08. The number of hydrogen-bond acceptors (Lipinski definition) is 9. The van der Waals surface area contributed by atoms with Gasteiger partial charge in [-0.15, -0.1) is 5.10 Å². The minimum atomic E-state index is -0.996. The van der Waals surface area contributed by atoms with E-state index in [4.69, 9.17) is 16.3 Å². The molecule has 0 aliphatic rings. The number of aromatic nitrogens is 3. The van der Waals surface area contributed by atoms with E-state index in [0.29, 0.717) is 28.3 Å². The van der Waals surface area contributed by atoms with Crippen LogP contribution in [0.4, 0.5) is 22.7 Å². The number of nitrogens with one attached hydrogen (secondary N) is 4. The number of rotatable bonds is 11. The zero-order valence-corrected chi connectivity index (χ0v) is 24.2. The quantitative estimate of drug-likeness (QED) is 0.113. The first kappa shape index (κ1) is 30.3. The maximum absolute atomic E-state index is 13.1. The van der Waals surface area contributed by atoms with Gasteiger partial charge < -0.3 is 25.6 Å². The van der Waals surface area contributed by atoms with Gasteiger partial charge in [0.1, 0.15) is 17.1 Å². The Morgan fingerprint density at radius 2 is 1.74 bits per heavy atom. The zero-order chi connectivity index (χ0) is 30.4. The van der Waals surface area contributed by atoms with E-state index in [9.17, 15) is 20.0 Å². The largest absolute Gasteiger partial charge is 0.496 e. The van der Waals surface area contributed by atoms with Crippen LogP contribution in [-0.4, -0.2) is 71.5 Å². The molecule has 0 saturated heterocycles. The first-order valence-corrected chi connectivity index (χ1v) is 13.2. The van der Waals surface area contributed by atoms with Gasteiger partial charge in [-0.2, -0.15) is 10.4 Å². The Morgan fingerprint density at radius 1 is 1.02 bits per heavy atom. The molecule has 0 aliphatic heterocycles. The second-order valence-electron chi connectivity index (χ2n) is 9.39. The summed E-state index contributed by atoms with van der Waals surface area (Å²) in [7, 11) is 6.95. The standard InChI is InChI=1S/C28H31ClN8O5/c1-35(2)18-11-9-17(10-12-18)27(38)32-22-16-21(20(29)15-23(22)37(40)41)30-13-14-31-28(39)26-25(33-34-36(26)3)19-7-5-6-8-24(19)42-4/h5-12,15-16,30,40-41H,13-14H2,1-4H3,(H,31,39)(H,32,38)/p+1. The highest BCUT2D eigenvalue weighted by Gasteiger charge is 2.23. The molecule has 0 unspecified atom stereocenters. The van der Waals surface area contributed by atoms with Crippen LogP contribution < -0.4 is 30.8 Å². The number of aryl methyl sites for hydroxylation is 1. The number of carbonyl (C=O) groups is 2. The third-order valence-electron chi connectivity index (χ3n) is 6.37. The number of halogens is 1. The van der Waals surface area contributed by atoms with Crippen LogP contribution in [0.25, 0.3) is 11.3 Å². The number of amides is 2. The lowest BCUT2D eigenvalue weighted by Crippen LogP contribution is -3.02. The molecule has 0 saturated carbocycles. The van der Waals surface area contributed by atoms with Crippen LogP contribution >= 0.6 is 11.6 Å². The van der Waals surface area contributed by atoms with Crippen molar-refractivity contribution in [3.63, 3.8) is 0 Å². The Hall–Kier alpha value is -4.69. The molecule has 0 aliphatic carbocycles. The average molecular weight is 596 g/mol. The second-order valence-corrected chi connectivity index (χ2v) is 9.80. The average Bonchev–Trinajstić information content (AvgIpc) is 3.37. The van der Waals surface area contributed by atoms with Crippen molar-refractivity contribution in [1.29, 1.82) is 0 Å². The number of ether oxygens (including phenoxy) is 1. The van der Waals surface area contributed by atoms with E-state index in [1.54, 1.807) is 43.4 Å². The Morgan fingerprint density at radius 3 is 2.40 bits per heavy atom. The summed E-state index contributed by atoms with van der Waals surface area (Å²) in [6, 6.07) is 17.0. The van der Waals surface area contributed by atoms with Gasteiger partial charge in [0.05, 0.1) is 17.8 Å². The number of hydrogen-bond donors (Lipinski definition) is 6. The molecule has 6 N–H and O–H groups in total. The lowest BCUT2D eigenvalue weighted by Gasteiger charge is -2.15. The number of para-hydroxylation sites is 1. The van der Waals surface area contributed by atoms with E-state index >= 15 is 0 Å². The van der Waals surface area contributed by atoms with Crippen LogP contribution in [0.15, 0.2) is 60.7 Å². The molecule has 14 heteroatoms. The molecular formula is C28H32ClN8O5+. The van der Waals surface area contributed by atoms with Crippen molar-refractivity contribution in [1.82, 2.24) is 20.3 Å². The van der Waals surface area contributed by atoms with Gasteiger partial charge in [-0.3, -0.25) is 9.59 Å². The third kappa shape index (κ3) is 6.78. The number of benzene rings is 3. The van der Waals surface area contributed by atoms with Crippen molar-refractivity contribution >= 4 is 46.2 Å². The minimum Gasteiger partial charge on any atom is -0.496 e. The number of methoxy groups -OCH3 is 1. The van der Waals surface area contributed by atoms with Gasteiger partial charge in [0.15, 0.2) is 5.69 Å². The Kier molecular flexibility index (Phi) is 9.60. The summed E-state index contributed by atoms with van der Waals surface area (Å²) < 4.78 is 6.80. The maximum atomic E-state index is 13.1. The van der Waals surface area contributed by atoms with Crippen LogP contribution in [0.2, 0.25) is 5.02 Å². The van der Waals surface area contributed by atoms with Gasteiger partial charge in [0, 0.05) is 57.1 Å². The van der Waals surface area contributed by atoms with E-state index in [-0.39, 0.29) is 41.1 Å². The molecule has 0 atom stereocenters. The van der Waals surface area contributed by atoms with Gasteiger partial charge >= 0.3 is 0 Å². The van der Waals surface area contributed by atoms with Crippen molar-refractivity contribution in [2.45, 2.75) is 0 Å². The predicted octanol–water partition coefficient (Wildman–Crippen LogP) is 2.60. The topological polar surface area (TPSA) is 158 Å². The predicted molar refractivity (Wildman–Crippen MR) is 158 cm³/mol. The van der Waals surface area contributed by atoms with Gasteiger partial charge in [-0.25, -0.2) is 4.68 Å². The molecule has 0 spiro atoms. The van der Waals surface area contributed by atoms with Crippen molar-refractivity contribution in [3.05, 3.63) is 76.9 Å². The van der Waals surface area contributed by atoms with Gasteiger partial charge in [-0.1, -0.05) is 28.9 Å². The smallest absolute Gasteiger partial charge is 0.271 e.